The van der Waals surface area contributed by atoms with Crippen molar-refractivity contribution in [2.45, 2.75) is 20.3 Å². The Bertz CT molecular complexity index is 540. The Morgan fingerprint density at radius 1 is 1.14 bits per heavy atom. The predicted molar refractivity (Wildman–Crippen MR) is 84.5 cm³/mol. The summed E-state index contributed by atoms with van der Waals surface area (Å²) >= 11 is 11.8. The number of rotatable bonds is 5. The normalized spacial score (nSPS) is 20.2. The molecule has 0 radical (unpaired) electrons. The van der Waals surface area contributed by atoms with Crippen molar-refractivity contribution >= 4 is 40.7 Å². The molecule has 2 N–H and O–H groups in total. The molecule has 0 bridgehead atoms. The molecule has 2 amide bonds. The average molecular weight is 329 g/mol. The zero-order chi connectivity index (χ0) is 15.6. The summed E-state index contributed by atoms with van der Waals surface area (Å²) in [5.74, 6) is -0.312. The van der Waals surface area contributed by atoms with Crippen LogP contribution in [0.3, 0.4) is 0 Å². The molecule has 2 atom stereocenters. The monoisotopic (exact) mass is 328 g/mol. The molecule has 1 saturated carbocycles. The average Bonchev–Trinajstić information content (AvgIpc) is 3.14. The van der Waals surface area contributed by atoms with Crippen LogP contribution < -0.4 is 10.6 Å². The van der Waals surface area contributed by atoms with Crippen molar-refractivity contribution < 1.29 is 9.59 Å². The van der Waals surface area contributed by atoms with Crippen LogP contribution in [0, 0.1) is 17.8 Å². The number of hydrogen-bond acceptors (Lipinski definition) is 2. The molecule has 0 aromatic heterocycles. The molecule has 114 valence electrons. The van der Waals surface area contributed by atoms with E-state index in [1.807, 2.05) is 13.8 Å². The second kappa shape index (κ2) is 6.67. The second-order valence-electron chi connectivity index (χ2n) is 5.74. The molecular formula is C15H18Cl2N2O2. The number of carbonyl (C=O) groups excluding carboxylic acids is 2. The minimum atomic E-state index is -0.269. The first-order chi connectivity index (χ1) is 9.86. The van der Waals surface area contributed by atoms with Crippen LogP contribution in [-0.2, 0) is 9.59 Å². The summed E-state index contributed by atoms with van der Waals surface area (Å²) in [5, 5.41) is 6.51. The molecule has 0 aliphatic heterocycles. The fourth-order valence-corrected chi connectivity index (χ4v) is 2.60. The smallest absolute Gasteiger partial charge is 0.228 e. The molecule has 4 nitrogen and oxygen atoms in total. The summed E-state index contributed by atoms with van der Waals surface area (Å²) < 4.78 is 0. The third kappa shape index (κ3) is 4.61. The third-order valence-electron chi connectivity index (χ3n) is 3.28. The van der Waals surface area contributed by atoms with Gasteiger partial charge >= 0.3 is 0 Å². The fourth-order valence-electron chi connectivity index (χ4n) is 2.07. The van der Waals surface area contributed by atoms with E-state index in [1.165, 1.54) is 0 Å². The summed E-state index contributed by atoms with van der Waals surface area (Å²) in [4.78, 5) is 23.9. The Morgan fingerprint density at radius 3 is 2.29 bits per heavy atom. The fraction of sp³-hybridized carbons (Fsp3) is 0.467. The third-order valence-corrected chi connectivity index (χ3v) is 3.72. The van der Waals surface area contributed by atoms with Gasteiger partial charge in [-0.2, -0.15) is 0 Å². The van der Waals surface area contributed by atoms with Gasteiger partial charge in [0.2, 0.25) is 11.8 Å². The SMILES string of the molecule is CC(C)CNC(=O)C1CC1C(=O)Nc1cc(Cl)cc(Cl)c1. The molecule has 2 rings (SSSR count). The van der Waals surface area contributed by atoms with Crippen LogP contribution in [0.25, 0.3) is 0 Å². The molecule has 0 heterocycles. The van der Waals surface area contributed by atoms with Gasteiger partial charge in [-0.05, 0) is 30.5 Å². The number of benzene rings is 1. The molecule has 21 heavy (non-hydrogen) atoms. The largest absolute Gasteiger partial charge is 0.356 e. The number of nitrogens with one attached hydrogen (secondary N) is 2. The minimum Gasteiger partial charge on any atom is -0.356 e. The van der Waals surface area contributed by atoms with Gasteiger partial charge in [0.05, 0.1) is 11.8 Å². The molecule has 0 saturated heterocycles. The highest BCUT2D eigenvalue weighted by molar-refractivity contribution is 6.35. The molecule has 1 aromatic rings. The molecular weight excluding hydrogens is 311 g/mol. The number of amides is 2. The van der Waals surface area contributed by atoms with Gasteiger partial charge < -0.3 is 10.6 Å². The van der Waals surface area contributed by atoms with E-state index in [2.05, 4.69) is 10.6 Å². The topological polar surface area (TPSA) is 58.2 Å². The zero-order valence-electron chi connectivity index (χ0n) is 12.0. The Balaban J connectivity index is 1.87. The van der Waals surface area contributed by atoms with E-state index in [9.17, 15) is 9.59 Å². The zero-order valence-corrected chi connectivity index (χ0v) is 13.5. The molecule has 0 spiro atoms. The van der Waals surface area contributed by atoms with Gasteiger partial charge in [0.25, 0.3) is 0 Å². The standard InChI is InChI=1S/C15H18Cl2N2O2/c1-8(2)7-18-14(20)12-6-13(12)15(21)19-11-4-9(16)3-10(17)5-11/h3-5,8,12-13H,6-7H2,1-2H3,(H,18,20)(H,19,21). The van der Waals surface area contributed by atoms with Gasteiger partial charge in [0.1, 0.15) is 0 Å². The van der Waals surface area contributed by atoms with Crippen LogP contribution in [0.2, 0.25) is 10.0 Å². The summed E-state index contributed by atoms with van der Waals surface area (Å²) in [5.41, 5.74) is 0.547. The van der Waals surface area contributed by atoms with Gasteiger partial charge in [0.15, 0.2) is 0 Å². The lowest BCUT2D eigenvalue weighted by Crippen LogP contribution is -2.30. The van der Waals surface area contributed by atoms with Crippen molar-refractivity contribution in [3.05, 3.63) is 28.2 Å². The first-order valence-electron chi connectivity index (χ1n) is 6.91. The van der Waals surface area contributed by atoms with Crippen LogP contribution in [0.1, 0.15) is 20.3 Å². The van der Waals surface area contributed by atoms with Crippen LogP contribution in [-0.4, -0.2) is 18.4 Å². The highest BCUT2D eigenvalue weighted by Crippen LogP contribution is 2.39. The van der Waals surface area contributed by atoms with E-state index in [-0.39, 0.29) is 23.7 Å². The maximum Gasteiger partial charge on any atom is 0.228 e. The van der Waals surface area contributed by atoms with Crippen molar-refractivity contribution in [1.29, 1.82) is 0 Å². The molecule has 2 unspecified atom stereocenters. The van der Waals surface area contributed by atoms with Crippen molar-refractivity contribution in [3.63, 3.8) is 0 Å². The molecule has 1 fully saturated rings. The lowest BCUT2D eigenvalue weighted by Gasteiger charge is -2.08. The van der Waals surface area contributed by atoms with Gasteiger partial charge in [-0.25, -0.2) is 0 Å². The maximum atomic E-state index is 12.1. The van der Waals surface area contributed by atoms with Crippen LogP contribution in [0.4, 0.5) is 5.69 Å². The first kappa shape index (κ1) is 16.1. The van der Waals surface area contributed by atoms with Crippen LogP contribution in [0.15, 0.2) is 18.2 Å². The number of anilines is 1. The van der Waals surface area contributed by atoms with Gasteiger partial charge in [-0.3, -0.25) is 9.59 Å². The van der Waals surface area contributed by atoms with E-state index in [1.54, 1.807) is 18.2 Å². The number of halogens is 2. The molecule has 1 aliphatic rings. The van der Waals surface area contributed by atoms with E-state index < -0.39 is 0 Å². The van der Waals surface area contributed by atoms with E-state index in [0.717, 1.165) is 0 Å². The van der Waals surface area contributed by atoms with Crippen LogP contribution in [0.5, 0.6) is 0 Å². The molecule has 1 aliphatic carbocycles. The van der Waals surface area contributed by atoms with Crippen molar-refractivity contribution in [3.8, 4) is 0 Å². The second-order valence-corrected chi connectivity index (χ2v) is 6.61. The summed E-state index contributed by atoms with van der Waals surface area (Å²) in [6, 6.07) is 4.85. The summed E-state index contributed by atoms with van der Waals surface area (Å²) in [7, 11) is 0. The summed E-state index contributed by atoms with van der Waals surface area (Å²) in [6.45, 7) is 4.69. The van der Waals surface area contributed by atoms with Crippen LogP contribution >= 0.6 is 23.2 Å². The Morgan fingerprint density at radius 2 is 1.71 bits per heavy atom. The van der Waals surface area contributed by atoms with Crippen molar-refractivity contribution in [1.82, 2.24) is 5.32 Å². The quantitative estimate of drug-likeness (QED) is 0.870. The minimum absolute atomic E-state index is 0.0482. The van der Waals surface area contributed by atoms with E-state index in [0.29, 0.717) is 34.6 Å². The highest BCUT2D eigenvalue weighted by atomic mass is 35.5. The van der Waals surface area contributed by atoms with E-state index in [4.69, 9.17) is 23.2 Å². The Labute approximate surface area is 134 Å². The lowest BCUT2D eigenvalue weighted by molar-refractivity contribution is -0.125. The maximum absolute atomic E-state index is 12.1. The first-order valence-corrected chi connectivity index (χ1v) is 7.67. The summed E-state index contributed by atoms with van der Waals surface area (Å²) in [6.07, 6.45) is 0.587. The van der Waals surface area contributed by atoms with Crippen molar-refractivity contribution in [2.75, 3.05) is 11.9 Å². The number of carbonyl (C=O) groups is 2. The molecule has 1 aromatic carbocycles. The van der Waals surface area contributed by atoms with Gasteiger partial charge in [-0.1, -0.05) is 37.0 Å². The van der Waals surface area contributed by atoms with E-state index >= 15 is 0 Å². The Hall–Kier alpha value is -1.26. The molecule has 6 heteroatoms. The van der Waals surface area contributed by atoms with Crippen molar-refractivity contribution in [2.24, 2.45) is 17.8 Å². The predicted octanol–water partition coefficient (Wildman–Crippen LogP) is 3.34. The Kier molecular flexibility index (Phi) is 5.12. The van der Waals surface area contributed by atoms with Gasteiger partial charge in [0, 0.05) is 22.3 Å². The highest BCUT2D eigenvalue weighted by Gasteiger charge is 2.47. The number of hydrogen-bond donors (Lipinski definition) is 2. The lowest BCUT2D eigenvalue weighted by atomic mass is 10.2. The van der Waals surface area contributed by atoms with Gasteiger partial charge in [-0.15, -0.1) is 0 Å².